The maximum Gasteiger partial charge on any atom is 0.234 e. The minimum absolute atomic E-state index is 0.00367. The van der Waals surface area contributed by atoms with Gasteiger partial charge in [0, 0.05) is 17.0 Å². The first-order chi connectivity index (χ1) is 10.2. The van der Waals surface area contributed by atoms with Gasteiger partial charge in [0.1, 0.15) is 5.75 Å². The fourth-order valence-corrected chi connectivity index (χ4v) is 2.74. The first-order valence-electron chi connectivity index (χ1n) is 6.79. The lowest BCUT2D eigenvalue weighted by Gasteiger charge is -2.12. The van der Waals surface area contributed by atoms with E-state index >= 15 is 0 Å². The van der Waals surface area contributed by atoms with Crippen LogP contribution in [0.25, 0.3) is 0 Å². The molecule has 4 heteroatoms. The van der Waals surface area contributed by atoms with Crippen molar-refractivity contribution in [2.45, 2.75) is 12.2 Å². The van der Waals surface area contributed by atoms with Gasteiger partial charge >= 0.3 is 0 Å². The first kappa shape index (κ1) is 15.4. The van der Waals surface area contributed by atoms with Gasteiger partial charge in [0.05, 0.1) is 12.9 Å². The number of thioether (sulfide) groups is 1. The molecule has 2 aromatic carbocycles. The highest BCUT2D eigenvalue weighted by atomic mass is 32.2. The number of hydrogen-bond acceptors (Lipinski definition) is 3. The molecular weight excluding hydrogens is 282 g/mol. The molecule has 1 unspecified atom stereocenters. The zero-order chi connectivity index (χ0) is 15.1. The zero-order valence-corrected chi connectivity index (χ0v) is 13.0. The number of ether oxygens (including phenoxy) is 1. The van der Waals surface area contributed by atoms with Crippen LogP contribution in [0.2, 0.25) is 0 Å². The third-order valence-electron chi connectivity index (χ3n) is 3.09. The van der Waals surface area contributed by atoms with Gasteiger partial charge in [-0.15, -0.1) is 11.8 Å². The summed E-state index contributed by atoms with van der Waals surface area (Å²) in [5, 5.41) is 3.18. The molecule has 0 aliphatic heterocycles. The summed E-state index contributed by atoms with van der Waals surface area (Å²) >= 11 is 1.62. The fourth-order valence-electron chi connectivity index (χ4n) is 1.92. The van der Waals surface area contributed by atoms with Crippen LogP contribution in [0.4, 0.5) is 5.69 Å². The predicted molar refractivity (Wildman–Crippen MR) is 88.9 cm³/mol. The number of anilines is 1. The minimum Gasteiger partial charge on any atom is -0.497 e. The summed E-state index contributed by atoms with van der Waals surface area (Å²) in [5.41, 5.74) is 1.99. The Bertz CT molecular complexity index is 586. The highest BCUT2D eigenvalue weighted by Gasteiger charge is 2.09. The molecular formula is C17H19NO2S. The number of methoxy groups -OCH3 is 1. The molecule has 0 aliphatic rings. The Hall–Kier alpha value is -1.94. The van der Waals surface area contributed by atoms with E-state index in [9.17, 15) is 4.79 Å². The summed E-state index contributed by atoms with van der Waals surface area (Å²) in [5.74, 6) is 1.15. The highest BCUT2D eigenvalue weighted by Crippen LogP contribution is 2.27. The SMILES string of the molecule is COc1cccc(NC(=O)CSC(C)c2ccccc2)c1. The van der Waals surface area contributed by atoms with E-state index in [-0.39, 0.29) is 5.91 Å². The maximum absolute atomic E-state index is 12.0. The van der Waals surface area contributed by atoms with Crippen LogP contribution in [0.15, 0.2) is 54.6 Å². The monoisotopic (exact) mass is 301 g/mol. The van der Waals surface area contributed by atoms with Gasteiger partial charge in [-0.1, -0.05) is 36.4 Å². The number of amides is 1. The van der Waals surface area contributed by atoms with Crippen LogP contribution < -0.4 is 10.1 Å². The van der Waals surface area contributed by atoms with Crippen molar-refractivity contribution in [1.29, 1.82) is 0 Å². The van der Waals surface area contributed by atoms with Gasteiger partial charge in [0.25, 0.3) is 0 Å². The second-order valence-electron chi connectivity index (χ2n) is 4.64. The number of nitrogens with one attached hydrogen (secondary N) is 1. The quantitative estimate of drug-likeness (QED) is 0.872. The van der Waals surface area contributed by atoms with Crippen molar-refractivity contribution in [1.82, 2.24) is 0 Å². The Kier molecular flexibility index (Phi) is 5.69. The molecule has 0 radical (unpaired) electrons. The van der Waals surface area contributed by atoms with Crippen LogP contribution in [0, 0.1) is 0 Å². The van der Waals surface area contributed by atoms with Crippen molar-refractivity contribution in [3.8, 4) is 5.75 Å². The van der Waals surface area contributed by atoms with Gasteiger partial charge in [-0.2, -0.15) is 0 Å². The summed E-state index contributed by atoms with van der Waals surface area (Å²) in [6.45, 7) is 2.11. The van der Waals surface area contributed by atoms with E-state index in [1.165, 1.54) is 5.56 Å². The number of hydrogen-bond donors (Lipinski definition) is 1. The molecule has 2 aromatic rings. The maximum atomic E-state index is 12.0. The fraction of sp³-hybridized carbons (Fsp3) is 0.235. The summed E-state index contributed by atoms with van der Waals surface area (Å²) in [6.07, 6.45) is 0. The van der Waals surface area contributed by atoms with Gasteiger partial charge < -0.3 is 10.1 Å². The lowest BCUT2D eigenvalue weighted by atomic mass is 10.2. The minimum atomic E-state index is -0.00367. The molecule has 0 bridgehead atoms. The normalized spacial score (nSPS) is 11.7. The lowest BCUT2D eigenvalue weighted by Crippen LogP contribution is -2.14. The Labute approximate surface area is 129 Å². The molecule has 0 saturated heterocycles. The number of rotatable bonds is 6. The zero-order valence-electron chi connectivity index (χ0n) is 12.2. The summed E-state index contributed by atoms with van der Waals surface area (Å²) in [7, 11) is 1.61. The van der Waals surface area contributed by atoms with E-state index in [0.717, 1.165) is 11.4 Å². The largest absolute Gasteiger partial charge is 0.497 e. The topological polar surface area (TPSA) is 38.3 Å². The van der Waals surface area contributed by atoms with E-state index < -0.39 is 0 Å². The van der Waals surface area contributed by atoms with Gasteiger partial charge in [-0.25, -0.2) is 0 Å². The van der Waals surface area contributed by atoms with E-state index in [1.54, 1.807) is 18.9 Å². The molecule has 21 heavy (non-hydrogen) atoms. The number of carbonyl (C=O) groups is 1. The molecule has 1 atom stereocenters. The third kappa shape index (κ3) is 4.83. The van der Waals surface area contributed by atoms with Crippen molar-refractivity contribution >= 4 is 23.4 Å². The van der Waals surface area contributed by atoms with Gasteiger partial charge in [-0.3, -0.25) is 4.79 Å². The van der Waals surface area contributed by atoms with Crippen LogP contribution >= 0.6 is 11.8 Å². The molecule has 110 valence electrons. The van der Waals surface area contributed by atoms with Gasteiger partial charge in [0.2, 0.25) is 5.91 Å². The molecule has 0 heterocycles. The summed E-state index contributed by atoms with van der Waals surface area (Å²) in [4.78, 5) is 12.0. The Morgan fingerprint density at radius 3 is 2.67 bits per heavy atom. The number of benzene rings is 2. The Balaban J connectivity index is 1.84. The first-order valence-corrected chi connectivity index (χ1v) is 7.84. The molecule has 1 amide bonds. The van der Waals surface area contributed by atoms with Crippen molar-refractivity contribution in [2.24, 2.45) is 0 Å². The average Bonchev–Trinajstić information content (AvgIpc) is 2.53. The van der Waals surface area contributed by atoms with Crippen LogP contribution in [0.3, 0.4) is 0 Å². The molecule has 0 spiro atoms. The average molecular weight is 301 g/mol. The third-order valence-corrected chi connectivity index (χ3v) is 4.29. The standard InChI is InChI=1S/C17H19NO2S/c1-13(14-7-4-3-5-8-14)21-12-17(19)18-15-9-6-10-16(11-15)20-2/h3-11,13H,12H2,1-2H3,(H,18,19). The highest BCUT2D eigenvalue weighted by molar-refractivity contribution is 8.00. The smallest absolute Gasteiger partial charge is 0.234 e. The van der Waals surface area contributed by atoms with Crippen LogP contribution in [-0.2, 0) is 4.79 Å². The van der Waals surface area contributed by atoms with E-state index in [1.807, 2.05) is 42.5 Å². The van der Waals surface area contributed by atoms with E-state index in [0.29, 0.717) is 11.0 Å². The van der Waals surface area contributed by atoms with Crippen molar-refractivity contribution in [3.63, 3.8) is 0 Å². The second kappa shape index (κ2) is 7.74. The van der Waals surface area contributed by atoms with E-state index in [4.69, 9.17) is 4.74 Å². The van der Waals surface area contributed by atoms with Crippen LogP contribution in [0.1, 0.15) is 17.7 Å². The van der Waals surface area contributed by atoms with Gasteiger partial charge in [0.15, 0.2) is 0 Å². The summed E-state index contributed by atoms with van der Waals surface area (Å²) < 4.78 is 5.14. The van der Waals surface area contributed by atoms with Crippen LogP contribution in [-0.4, -0.2) is 18.8 Å². The number of carbonyl (C=O) groups excluding carboxylic acids is 1. The molecule has 2 rings (SSSR count). The summed E-state index contributed by atoms with van der Waals surface area (Å²) in [6, 6.07) is 17.6. The molecule has 3 nitrogen and oxygen atoms in total. The predicted octanol–water partition coefficient (Wildman–Crippen LogP) is 4.13. The van der Waals surface area contributed by atoms with Crippen molar-refractivity contribution < 1.29 is 9.53 Å². The van der Waals surface area contributed by atoms with Crippen molar-refractivity contribution in [3.05, 3.63) is 60.2 Å². The molecule has 0 aliphatic carbocycles. The molecule has 1 N–H and O–H groups in total. The van der Waals surface area contributed by atoms with Gasteiger partial charge in [-0.05, 0) is 24.6 Å². The molecule has 0 fully saturated rings. The van der Waals surface area contributed by atoms with Crippen molar-refractivity contribution in [2.75, 3.05) is 18.2 Å². The Morgan fingerprint density at radius 1 is 1.19 bits per heavy atom. The second-order valence-corrected chi connectivity index (χ2v) is 5.97. The lowest BCUT2D eigenvalue weighted by molar-refractivity contribution is -0.113. The van der Waals surface area contributed by atoms with E-state index in [2.05, 4.69) is 24.4 Å². The Morgan fingerprint density at radius 2 is 1.95 bits per heavy atom. The van der Waals surface area contributed by atoms with Crippen LogP contribution in [0.5, 0.6) is 5.75 Å². The molecule has 0 saturated carbocycles. The molecule has 0 aromatic heterocycles.